The van der Waals surface area contributed by atoms with Crippen molar-refractivity contribution in [1.29, 1.82) is 0 Å². The molecule has 0 amide bonds. The third-order valence-electron chi connectivity index (χ3n) is 6.12. The molecule has 178 valence electrons. The highest BCUT2D eigenvalue weighted by Gasteiger charge is 2.39. The van der Waals surface area contributed by atoms with Crippen molar-refractivity contribution in [2.75, 3.05) is 0 Å². The largest absolute Gasteiger partial charge is 0.298 e. The van der Waals surface area contributed by atoms with Crippen LogP contribution in [0.3, 0.4) is 0 Å². The van der Waals surface area contributed by atoms with E-state index in [1.54, 1.807) is 60.7 Å². The summed E-state index contributed by atoms with van der Waals surface area (Å²) >= 11 is 0. The number of hydrogen-bond acceptors (Lipinski definition) is 4. The molecule has 0 saturated heterocycles. The van der Waals surface area contributed by atoms with Crippen LogP contribution in [-0.4, -0.2) is 23.1 Å². The van der Waals surface area contributed by atoms with Crippen LogP contribution in [0.15, 0.2) is 121 Å². The Morgan fingerprint density at radius 2 is 0.694 bits per heavy atom. The molecule has 0 spiro atoms. The normalized spacial score (nSPS) is 12.3. The monoisotopic (exact) mass is 474 g/mol. The molecule has 0 aliphatic heterocycles. The molecule has 0 aliphatic rings. The van der Waals surface area contributed by atoms with Gasteiger partial charge in [-0.15, -0.1) is 0 Å². The summed E-state index contributed by atoms with van der Waals surface area (Å²) < 4.78 is 0. The van der Waals surface area contributed by atoms with Crippen LogP contribution in [0.2, 0.25) is 0 Å². The Hall–Kier alpha value is -4.44. The van der Waals surface area contributed by atoms with Gasteiger partial charge in [0, 0.05) is 12.8 Å². The zero-order valence-corrected chi connectivity index (χ0v) is 19.7. The van der Waals surface area contributed by atoms with Gasteiger partial charge in [-0.25, -0.2) is 0 Å². The van der Waals surface area contributed by atoms with E-state index < -0.39 is 23.4 Å². The molecule has 36 heavy (non-hydrogen) atoms. The molecule has 4 heteroatoms. The molecule has 0 radical (unpaired) electrons. The van der Waals surface area contributed by atoms with Gasteiger partial charge in [0.15, 0.2) is 11.6 Å². The van der Waals surface area contributed by atoms with Gasteiger partial charge in [-0.1, -0.05) is 121 Å². The van der Waals surface area contributed by atoms with Crippen LogP contribution in [0.25, 0.3) is 0 Å². The summed E-state index contributed by atoms with van der Waals surface area (Å²) in [6.07, 6.45) is 0.0147. The van der Waals surface area contributed by atoms with Crippen molar-refractivity contribution in [1.82, 2.24) is 0 Å². The van der Waals surface area contributed by atoms with E-state index in [4.69, 9.17) is 0 Å². The Morgan fingerprint density at radius 1 is 0.417 bits per heavy atom. The van der Waals surface area contributed by atoms with E-state index in [0.29, 0.717) is 11.1 Å². The Labute approximate surface area is 210 Å². The zero-order chi connectivity index (χ0) is 25.3. The van der Waals surface area contributed by atoms with Crippen LogP contribution in [0.1, 0.15) is 34.1 Å². The SMILES string of the molecule is O=C(Cc1ccccc1)[C@H](C(=O)C(=O)[C@H](C(=O)Cc1ccccc1)c1ccccc1)c1ccccc1. The average molecular weight is 475 g/mol. The predicted molar refractivity (Wildman–Crippen MR) is 139 cm³/mol. The van der Waals surface area contributed by atoms with Crippen molar-refractivity contribution in [3.63, 3.8) is 0 Å². The van der Waals surface area contributed by atoms with Crippen LogP contribution in [0, 0.1) is 0 Å². The Kier molecular flexibility index (Phi) is 8.09. The summed E-state index contributed by atoms with van der Waals surface area (Å²) in [5.74, 6) is -5.06. The number of rotatable bonds is 11. The summed E-state index contributed by atoms with van der Waals surface area (Å²) in [6.45, 7) is 0. The number of benzene rings is 4. The van der Waals surface area contributed by atoms with Crippen molar-refractivity contribution in [2.45, 2.75) is 24.7 Å². The predicted octanol–water partition coefficient (Wildman–Crippen LogP) is 5.32. The van der Waals surface area contributed by atoms with E-state index in [1.807, 2.05) is 60.7 Å². The lowest BCUT2D eigenvalue weighted by atomic mass is 9.79. The fourth-order valence-corrected chi connectivity index (χ4v) is 4.34. The van der Waals surface area contributed by atoms with Gasteiger partial charge in [0.2, 0.25) is 11.6 Å². The molecule has 0 aliphatic carbocycles. The summed E-state index contributed by atoms with van der Waals surface area (Å²) in [4.78, 5) is 54.3. The first-order chi connectivity index (χ1) is 17.5. The van der Waals surface area contributed by atoms with Crippen LogP contribution >= 0.6 is 0 Å². The van der Waals surface area contributed by atoms with E-state index in [0.717, 1.165) is 11.1 Å². The molecule has 0 saturated carbocycles. The summed E-state index contributed by atoms with van der Waals surface area (Å²) in [5.41, 5.74) is 2.39. The second-order valence-corrected chi connectivity index (χ2v) is 8.67. The Balaban J connectivity index is 1.68. The zero-order valence-electron chi connectivity index (χ0n) is 19.7. The molecule has 2 atom stereocenters. The van der Waals surface area contributed by atoms with Crippen LogP contribution in [-0.2, 0) is 32.0 Å². The molecule has 0 heterocycles. The molecule has 4 aromatic carbocycles. The second-order valence-electron chi connectivity index (χ2n) is 8.67. The minimum Gasteiger partial charge on any atom is -0.298 e. The maximum atomic E-state index is 13.7. The van der Waals surface area contributed by atoms with Gasteiger partial charge in [-0.3, -0.25) is 19.2 Å². The van der Waals surface area contributed by atoms with Crippen molar-refractivity contribution < 1.29 is 19.2 Å². The number of hydrogen-bond donors (Lipinski definition) is 0. The van der Waals surface area contributed by atoms with Gasteiger partial charge in [0.05, 0.1) is 0 Å². The number of carbonyl (C=O) groups is 4. The maximum Gasteiger partial charge on any atom is 0.214 e. The molecule has 4 nitrogen and oxygen atoms in total. The van der Waals surface area contributed by atoms with E-state index in [1.165, 1.54) is 0 Å². The first-order valence-corrected chi connectivity index (χ1v) is 11.9. The highest BCUT2D eigenvalue weighted by atomic mass is 16.2. The first kappa shape index (κ1) is 24.7. The number of ketones is 4. The van der Waals surface area contributed by atoms with Crippen LogP contribution in [0.4, 0.5) is 0 Å². The van der Waals surface area contributed by atoms with E-state index in [9.17, 15) is 19.2 Å². The Bertz CT molecular complexity index is 1220. The topological polar surface area (TPSA) is 68.3 Å². The maximum absolute atomic E-state index is 13.7. The van der Waals surface area contributed by atoms with E-state index in [-0.39, 0.29) is 24.4 Å². The van der Waals surface area contributed by atoms with E-state index >= 15 is 0 Å². The smallest absolute Gasteiger partial charge is 0.214 e. The van der Waals surface area contributed by atoms with Crippen molar-refractivity contribution in [3.05, 3.63) is 144 Å². The molecule has 4 rings (SSSR count). The fourth-order valence-electron chi connectivity index (χ4n) is 4.34. The molecule has 0 N–H and O–H groups in total. The van der Waals surface area contributed by atoms with Crippen molar-refractivity contribution in [3.8, 4) is 0 Å². The van der Waals surface area contributed by atoms with Gasteiger partial charge in [0.25, 0.3) is 0 Å². The summed E-state index contributed by atoms with van der Waals surface area (Å²) in [6, 6.07) is 35.4. The molecule has 4 aromatic rings. The Morgan fingerprint density at radius 3 is 1.00 bits per heavy atom. The van der Waals surface area contributed by atoms with Crippen molar-refractivity contribution >= 4 is 23.1 Å². The lowest BCUT2D eigenvalue weighted by Crippen LogP contribution is -2.36. The van der Waals surface area contributed by atoms with Gasteiger partial charge in [-0.05, 0) is 22.3 Å². The van der Waals surface area contributed by atoms with Crippen LogP contribution < -0.4 is 0 Å². The molecule has 0 aromatic heterocycles. The minimum atomic E-state index is -1.28. The molecule has 0 bridgehead atoms. The molecule has 0 fully saturated rings. The molecule has 0 unspecified atom stereocenters. The highest BCUT2D eigenvalue weighted by Crippen LogP contribution is 2.27. The van der Waals surface area contributed by atoms with E-state index in [2.05, 4.69) is 0 Å². The second kappa shape index (κ2) is 11.8. The first-order valence-electron chi connectivity index (χ1n) is 11.9. The minimum absolute atomic E-state index is 0.00733. The van der Waals surface area contributed by atoms with Crippen LogP contribution in [0.5, 0.6) is 0 Å². The lowest BCUT2D eigenvalue weighted by molar-refractivity contribution is -0.143. The lowest BCUT2D eigenvalue weighted by Gasteiger charge is -2.19. The molecular formula is C32H26O4. The summed E-state index contributed by atoms with van der Waals surface area (Å²) in [5, 5.41) is 0. The van der Waals surface area contributed by atoms with Crippen molar-refractivity contribution in [2.24, 2.45) is 0 Å². The molecular weight excluding hydrogens is 448 g/mol. The summed E-state index contributed by atoms with van der Waals surface area (Å²) in [7, 11) is 0. The third kappa shape index (κ3) is 5.97. The number of Topliss-reactive ketones (excluding diaryl/α,β-unsaturated/α-hetero) is 4. The average Bonchev–Trinajstić information content (AvgIpc) is 2.91. The van der Waals surface area contributed by atoms with Gasteiger partial charge >= 0.3 is 0 Å². The quantitative estimate of drug-likeness (QED) is 0.218. The standard InChI is InChI=1S/C32H26O4/c33-27(21-23-13-5-1-6-14-23)29(25-17-9-3-10-18-25)31(35)32(36)30(26-19-11-4-12-20-26)28(34)22-24-15-7-2-8-16-24/h1-20,29-30H,21-22H2/t29-,30+. The highest BCUT2D eigenvalue weighted by molar-refractivity contribution is 6.48. The number of carbonyl (C=O) groups excluding carboxylic acids is 4. The van der Waals surface area contributed by atoms with Gasteiger partial charge < -0.3 is 0 Å². The van der Waals surface area contributed by atoms with Gasteiger partial charge in [-0.2, -0.15) is 0 Å². The van der Waals surface area contributed by atoms with Gasteiger partial charge in [0.1, 0.15) is 11.8 Å². The third-order valence-corrected chi connectivity index (χ3v) is 6.12. The fraction of sp³-hybridized carbons (Fsp3) is 0.125.